The quantitative estimate of drug-likeness (QED) is 0.533. The first-order chi connectivity index (χ1) is 10.3. The van der Waals surface area contributed by atoms with Crippen LogP contribution in [0.5, 0.6) is 0 Å². The lowest BCUT2D eigenvalue weighted by Crippen LogP contribution is -2.12. The monoisotopic (exact) mass is 303 g/mol. The van der Waals surface area contributed by atoms with Crippen molar-refractivity contribution in [1.29, 1.82) is 0 Å². The Bertz CT molecular complexity index is 493. The van der Waals surface area contributed by atoms with Crippen LogP contribution in [0, 0.1) is 0 Å². The van der Waals surface area contributed by atoms with Gasteiger partial charge in [-0.25, -0.2) is 0 Å². The highest BCUT2D eigenvalue weighted by Crippen LogP contribution is 2.19. The SMILES string of the molecule is CCN(S)CCCCCCc1ccc(-c2cn[nH]c2)cc1. The number of hydrogen-bond acceptors (Lipinski definition) is 3. The maximum Gasteiger partial charge on any atom is 0.0565 e. The molecule has 114 valence electrons. The Kier molecular flexibility index (Phi) is 6.83. The Balaban J connectivity index is 1.65. The van der Waals surface area contributed by atoms with Gasteiger partial charge < -0.3 is 0 Å². The number of hydrogen-bond donors (Lipinski definition) is 2. The molecule has 0 aliphatic heterocycles. The van der Waals surface area contributed by atoms with E-state index in [2.05, 4.69) is 58.5 Å². The van der Waals surface area contributed by atoms with Gasteiger partial charge in [-0.1, -0.05) is 56.8 Å². The summed E-state index contributed by atoms with van der Waals surface area (Å²) in [4.78, 5) is 0. The van der Waals surface area contributed by atoms with Gasteiger partial charge in [0.05, 0.1) is 6.20 Å². The fourth-order valence-corrected chi connectivity index (χ4v) is 2.55. The minimum atomic E-state index is 1.02. The topological polar surface area (TPSA) is 31.9 Å². The van der Waals surface area contributed by atoms with Crippen LogP contribution in [0.25, 0.3) is 11.1 Å². The van der Waals surface area contributed by atoms with Gasteiger partial charge in [0.2, 0.25) is 0 Å². The Labute approximate surface area is 133 Å². The first kappa shape index (κ1) is 16.1. The van der Waals surface area contributed by atoms with Crippen molar-refractivity contribution in [3.63, 3.8) is 0 Å². The van der Waals surface area contributed by atoms with Crippen LogP contribution >= 0.6 is 12.8 Å². The van der Waals surface area contributed by atoms with Crippen LogP contribution in [0.15, 0.2) is 36.7 Å². The molecule has 2 rings (SSSR count). The highest BCUT2D eigenvalue weighted by Gasteiger charge is 2.00. The minimum Gasteiger partial charge on any atom is -0.285 e. The molecule has 1 aromatic heterocycles. The standard InChI is InChI=1S/C17H25N3S/c1-2-20(21)12-6-4-3-5-7-15-8-10-16(11-9-15)17-13-18-19-14-17/h8-11,13-14,21H,2-7,12H2,1H3,(H,18,19). The predicted octanol–water partition coefficient (Wildman–Crippen LogP) is 4.35. The van der Waals surface area contributed by atoms with E-state index in [0.29, 0.717) is 0 Å². The second-order valence-electron chi connectivity index (χ2n) is 5.39. The van der Waals surface area contributed by atoms with Crippen molar-refractivity contribution in [3.05, 3.63) is 42.2 Å². The normalized spacial score (nSPS) is 11.2. The van der Waals surface area contributed by atoms with E-state index in [0.717, 1.165) is 18.7 Å². The summed E-state index contributed by atoms with van der Waals surface area (Å²) in [5, 5.41) is 6.83. The molecule has 1 aromatic carbocycles. The van der Waals surface area contributed by atoms with Gasteiger partial charge in [-0.2, -0.15) is 5.10 Å². The minimum absolute atomic E-state index is 1.02. The lowest BCUT2D eigenvalue weighted by molar-refractivity contribution is 0.469. The molecule has 0 saturated heterocycles. The molecule has 0 saturated carbocycles. The summed E-state index contributed by atoms with van der Waals surface area (Å²) in [5.74, 6) is 0. The summed E-state index contributed by atoms with van der Waals surface area (Å²) in [6.45, 7) is 4.26. The van der Waals surface area contributed by atoms with E-state index in [-0.39, 0.29) is 0 Å². The second-order valence-corrected chi connectivity index (χ2v) is 5.96. The van der Waals surface area contributed by atoms with Crippen molar-refractivity contribution < 1.29 is 0 Å². The molecule has 21 heavy (non-hydrogen) atoms. The number of benzene rings is 1. The molecule has 2 aromatic rings. The molecule has 0 unspecified atom stereocenters. The Morgan fingerprint density at radius 3 is 2.48 bits per heavy atom. The maximum absolute atomic E-state index is 4.37. The third kappa shape index (κ3) is 5.56. The van der Waals surface area contributed by atoms with E-state index in [9.17, 15) is 0 Å². The number of H-pyrrole nitrogens is 1. The van der Waals surface area contributed by atoms with Gasteiger partial charge >= 0.3 is 0 Å². The van der Waals surface area contributed by atoms with Crippen LogP contribution in [-0.4, -0.2) is 27.6 Å². The molecule has 0 aliphatic rings. The molecular formula is C17H25N3S. The first-order valence-corrected chi connectivity index (χ1v) is 8.21. The van der Waals surface area contributed by atoms with E-state index >= 15 is 0 Å². The summed E-state index contributed by atoms with van der Waals surface area (Å²) in [6.07, 6.45) is 10.1. The third-order valence-electron chi connectivity index (χ3n) is 3.78. The van der Waals surface area contributed by atoms with Gasteiger partial charge in [0, 0.05) is 24.8 Å². The number of aromatic nitrogens is 2. The average Bonchev–Trinajstić information content (AvgIpc) is 3.05. The molecule has 1 N–H and O–H groups in total. The van der Waals surface area contributed by atoms with Gasteiger partial charge in [0.25, 0.3) is 0 Å². The zero-order valence-corrected chi connectivity index (χ0v) is 13.6. The zero-order chi connectivity index (χ0) is 14.9. The van der Waals surface area contributed by atoms with Crippen molar-refractivity contribution in [3.8, 4) is 11.1 Å². The van der Waals surface area contributed by atoms with Crippen LogP contribution < -0.4 is 0 Å². The maximum atomic E-state index is 4.37. The zero-order valence-electron chi connectivity index (χ0n) is 12.8. The lowest BCUT2D eigenvalue weighted by Gasteiger charge is -2.11. The van der Waals surface area contributed by atoms with Crippen LogP contribution in [0.4, 0.5) is 0 Å². The predicted molar refractivity (Wildman–Crippen MR) is 92.4 cm³/mol. The highest BCUT2D eigenvalue weighted by molar-refractivity contribution is 7.77. The van der Waals surface area contributed by atoms with Gasteiger partial charge in [-0.05, 0) is 30.4 Å². The third-order valence-corrected chi connectivity index (χ3v) is 4.27. The number of nitrogens with zero attached hydrogens (tertiary/aromatic N) is 2. The van der Waals surface area contributed by atoms with Gasteiger partial charge in [0.1, 0.15) is 0 Å². The van der Waals surface area contributed by atoms with Crippen molar-refractivity contribution >= 4 is 12.8 Å². The van der Waals surface area contributed by atoms with Crippen LogP contribution in [0.1, 0.15) is 38.2 Å². The number of nitrogens with one attached hydrogen (secondary N) is 1. The van der Waals surface area contributed by atoms with E-state index in [4.69, 9.17) is 0 Å². The Morgan fingerprint density at radius 2 is 1.81 bits per heavy atom. The number of aryl methyl sites for hydroxylation is 1. The summed E-state index contributed by atoms with van der Waals surface area (Å²) >= 11 is 4.37. The first-order valence-electron chi connectivity index (χ1n) is 7.81. The summed E-state index contributed by atoms with van der Waals surface area (Å²) in [7, 11) is 0. The van der Waals surface area contributed by atoms with E-state index in [1.807, 2.05) is 12.4 Å². The van der Waals surface area contributed by atoms with Crippen LogP contribution in [-0.2, 0) is 6.42 Å². The lowest BCUT2D eigenvalue weighted by atomic mass is 10.0. The van der Waals surface area contributed by atoms with E-state index < -0.39 is 0 Å². The molecule has 1 heterocycles. The van der Waals surface area contributed by atoms with Gasteiger partial charge in [0.15, 0.2) is 0 Å². The molecule has 0 aliphatic carbocycles. The van der Waals surface area contributed by atoms with Crippen molar-refractivity contribution in [2.45, 2.75) is 39.0 Å². The molecule has 0 radical (unpaired) electrons. The molecule has 4 heteroatoms. The van der Waals surface area contributed by atoms with E-state index in [1.165, 1.54) is 43.2 Å². The Morgan fingerprint density at radius 1 is 1.05 bits per heavy atom. The number of aromatic amines is 1. The number of unbranched alkanes of at least 4 members (excludes halogenated alkanes) is 3. The number of thiol groups is 1. The fourth-order valence-electron chi connectivity index (χ4n) is 2.41. The van der Waals surface area contributed by atoms with Gasteiger partial charge in [-0.3, -0.25) is 9.40 Å². The van der Waals surface area contributed by atoms with E-state index in [1.54, 1.807) is 0 Å². The van der Waals surface area contributed by atoms with Crippen molar-refractivity contribution in [1.82, 2.24) is 14.5 Å². The molecule has 0 atom stereocenters. The highest BCUT2D eigenvalue weighted by atomic mass is 32.1. The van der Waals surface area contributed by atoms with Crippen molar-refractivity contribution in [2.75, 3.05) is 13.1 Å². The molecule has 0 spiro atoms. The summed E-state index contributed by atoms with van der Waals surface area (Å²) in [6, 6.07) is 8.82. The average molecular weight is 303 g/mol. The largest absolute Gasteiger partial charge is 0.285 e. The summed E-state index contributed by atoms with van der Waals surface area (Å²) < 4.78 is 2.08. The van der Waals surface area contributed by atoms with Crippen molar-refractivity contribution in [2.24, 2.45) is 0 Å². The smallest absolute Gasteiger partial charge is 0.0565 e. The molecule has 0 amide bonds. The molecule has 3 nitrogen and oxygen atoms in total. The van der Waals surface area contributed by atoms with Gasteiger partial charge in [-0.15, -0.1) is 0 Å². The molecule has 0 fully saturated rings. The molecule has 0 bridgehead atoms. The second kappa shape index (κ2) is 8.90. The fraction of sp³-hybridized carbons (Fsp3) is 0.471. The Hall–Kier alpha value is -1.26. The number of rotatable bonds is 9. The van der Waals surface area contributed by atoms with Crippen LogP contribution in [0.2, 0.25) is 0 Å². The summed E-state index contributed by atoms with van der Waals surface area (Å²) in [5.41, 5.74) is 3.79. The van der Waals surface area contributed by atoms with Crippen LogP contribution in [0.3, 0.4) is 0 Å². The molecular weight excluding hydrogens is 278 g/mol.